The molecule has 0 fully saturated rings. The molecule has 0 bridgehead atoms. The predicted molar refractivity (Wildman–Crippen MR) is 69.4 cm³/mol. The van der Waals surface area contributed by atoms with Crippen LogP contribution in [0.25, 0.3) is 11.0 Å². The first kappa shape index (κ1) is 11.0. The topological polar surface area (TPSA) is 37.2 Å². The van der Waals surface area contributed by atoms with Crippen LogP contribution in [0.5, 0.6) is 0 Å². The van der Waals surface area contributed by atoms with Crippen LogP contribution in [0, 0.1) is 0 Å². The molecule has 0 aliphatic heterocycles. The summed E-state index contributed by atoms with van der Waals surface area (Å²) in [7, 11) is 1.79. The molecule has 0 aliphatic carbocycles. The van der Waals surface area contributed by atoms with Crippen molar-refractivity contribution in [1.29, 1.82) is 0 Å². The second-order valence-electron chi connectivity index (χ2n) is 3.63. The van der Waals surface area contributed by atoms with Crippen LogP contribution >= 0.6 is 12.2 Å². The minimum atomic E-state index is 0.0624. The highest BCUT2D eigenvalue weighted by molar-refractivity contribution is 7.80. The number of furan rings is 1. The maximum absolute atomic E-state index is 5.73. The molecule has 4 heteroatoms. The zero-order chi connectivity index (χ0) is 11.5. The number of benzene rings is 1. The van der Waals surface area contributed by atoms with Gasteiger partial charge in [-0.25, -0.2) is 0 Å². The van der Waals surface area contributed by atoms with Crippen molar-refractivity contribution in [2.45, 2.75) is 13.0 Å². The molecule has 3 nitrogen and oxygen atoms in total. The zero-order valence-electron chi connectivity index (χ0n) is 9.28. The molecule has 1 aromatic carbocycles. The van der Waals surface area contributed by atoms with Gasteiger partial charge in [0.2, 0.25) is 0 Å². The van der Waals surface area contributed by atoms with Gasteiger partial charge in [0, 0.05) is 12.4 Å². The molecule has 1 aromatic heterocycles. The molecule has 16 heavy (non-hydrogen) atoms. The van der Waals surface area contributed by atoms with Crippen molar-refractivity contribution in [2.75, 3.05) is 7.05 Å². The van der Waals surface area contributed by atoms with Crippen LogP contribution in [0.3, 0.4) is 0 Å². The van der Waals surface area contributed by atoms with E-state index in [-0.39, 0.29) is 6.04 Å². The molecule has 1 atom stereocenters. The molecule has 2 aromatic rings. The van der Waals surface area contributed by atoms with Crippen molar-refractivity contribution in [2.24, 2.45) is 0 Å². The smallest absolute Gasteiger partial charge is 0.166 e. The predicted octanol–water partition coefficient (Wildman–Crippen LogP) is 2.59. The van der Waals surface area contributed by atoms with Gasteiger partial charge in [-0.15, -0.1) is 0 Å². The van der Waals surface area contributed by atoms with Crippen molar-refractivity contribution in [3.63, 3.8) is 0 Å². The Morgan fingerprint density at radius 2 is 2.12 bits per heavy atom. The largest absolute Gasteiger partial charge is 0.459 e. The minimum Gasteiger partial charge on any atom is -0.459 e. The maximum atomic E-state index is 5.73. The van der Waals surface area contributed by atoms with Gasteiger partial charge >= 0.3 is 0 Å². The molecule has 2 N–H and O–H groups in total. The van der Waals surface area contributed by atoms with E-state index in [1.807, 2.05) is 37.3 Å². The zero-order valence-corrected chi connectivity index (χ0v) is 10.1. The molecule has 0 amide bonds. The summed E-state index contributed by atoms with van der Waals surface area (Å²) >= 11 is 5.05. The van der Waals surface area contributed by atoms with Gasteiger partial charge < -0.3 is 15.1 Å². The Morgan fingerprint density at radius 3 is 2.81 bits per heavy atom. The Labute approximate surface area is 99.8 Å². The third-order valence-electron chi connectivity index (χ3n) is 2.45. The van der Waals surface area contributed by atoms with E-state index in [1.165, 1.54) is 0 Å². The fourth-order valence-corrected chi connectivity index (χ4v) is 1.73. The average molecular weight is 234 g/mol. The van der Waals surface area contributed by atoms with Crippen LogP contribution in [0.4, 0.5) is 0 Å². The maximum Gasteiger partial charge on any atom is 0.166 e. The Hall–Kier alpha value is -1.55. The molecule has 0 aliphatic rings. The first-order chi connectivity index (χ1) is 7.70. The van der Waals surface area contributed by atoms with Gasteiger partial charge in [-0.2, -0.15) is 0 Å². The lowest BCUT2D eigenvalue weighted by molar-refractivity contribution is 0.491. The van der Waals surface area contributed by atoms with Crippen molar-refractivity contribution in [3.8, 4) is 0 Å². The first-order valence-electron chi connectivity index (χ1n) is 5.17. The number of rotatable bonds is 2. The fraction of sp³-hybridized carbons (Fsp3) is 0.250. The van der Waals surface area contributed by atoms with Crippen LogP contribution in [-0.2, 0) is 0 Å². The van der Waals surface area contributed by atoms with E-state index in [4.69, 9.17) is 16.6 Å². The van der Waals surface area contributed by atoms with E-state index >= 15 is 0 Å². The van der Waals surface area contributed by atoms with E-state index in [9.17, 15) is 0 Å². The lowest BCUT2D eigenvalue weighted by Crippen LogP contribution is -2.34. The quantitative estimate of drug-likeness (QED) is 0.783. The van der Waals surface area contributed by atoms with Crippen LogP contribution < -0.4 is 10.6 Å². The number of thiocarbonyl (C=S) groups is 1. The van der Waals surface area contributed by atoms with Crippen LogP contribution in [0.1, 0.15) is 18.7 Å². The van der Waals surface area contributed by atoms with E-state index in [0.717, 1.165) is 16.7 Å². The van der Waals surface area contributed by atoms with Crippen molar-refractivity contribution in [3.05, 3.63) is 36.1 Å². The van der Waals surface area contributed by atoms with Crippen molar-refractivity contribution >= 4 is 28.3 Å². The number of hydrogen-bond acceptors (Lipinski definition) is 2. The van der Waals surface area contributed by atoms with E-state index in [1.54, 1.807) is 7.05 Å². The van der Waals surface area contributed by atoms with Crippen molar-refractivity contribution < 1.29 is 4.42 Å². The van der Waals surface area contributed by atoms with Crippen LogP contribution in [0.2, 0.25) is 0 Å². The third-order valence-corrected chi connectivity index (χ3v) is 2.77. The Balaban J connectivity index is 2.23. The lowest BCUT2D eigenvalue weighted by Gasteiger charge is -2.12. The Bertz CT molecular complexity index is 473. The number of hydrogen-bond donors (Lipinski definition) is 2. The van der Waals surface area contributed by atoms with Gasteiger partial charge in [0.1, 0.15) is 11.3 Å². The second-order valence-corrected chi connectivity index (χ2v) is 4.04. The van der Waals surface area contributed by atoms with Gasteiger partial charge in [0.15, 0.2) is 5.11 Å². The molecular weight excluding hydrogens is 220 g/mol. The molecule has 1 heterocycles. The highest BCUT2D eigenvalue weighted by Crippen LogP contribution is 2.23. The van der Waals surface area contributed by atoms with Crippen LogP contribution in [0.15, 0.2) is 34.7 Å². The van der Waals surface area contributed by atoms with E-state index in [2.05, 4.69) is 10.6 Å². The highest BCUT2D eigenvalue weighted by Gasteiger charge is 2.11. The van der Waals surface area contributed by atoms with Gasteiger partial charge in [-0.3, -0.25) is 0 Å². The molecular formula is C12H14N2OS. The lowest BCUT2D eigenvalue weighted by atomic mass is 10.2. The molecule has 0 spiro atoms. The second kappa shape index (κ2) is 4.53. The monoisotopic (exact) mass is 234 g/mol. The summed E-state index contributed by atoms with van der Waals surface area (Å²) in [5.74, 6) is 0.888. The summed E-state index contributed by atoms with van der Waals surface area (Å²) in [5.41, 5.74) is 0.904. The number of nitrogens with one attached hydrogen (secondary N) is 2. The first-order valence-corrected chi connectivity index (χ1v) is 5.58. The number of para-hydroxylation sites is 1. The molecule has 0 saturated heterocycles. The minimum absolute atomic E-state index is 0.0624. The molecule has 84 valence electrons. The normalized spacial score (nSPS) is 12.4. The molecule has 0 radical (unpaired) electrons. The fourth-order valence-electron chi connectivity index (χ4n) is 1.56. The van der Waals surface area contributed by atoms with Crippen LogP contribution in [-0.4, -0.2) is 12.2 Å². The summed E-state index contributed by atoms with van der Waals surface area (Å²) in [6.45, 7) is 2.02. The Kier molecular flexibility index (Phi) is 3.10. The summed E-state index contributed by atoms with van der Waals surface area (Å²) in [4.78, 5) is 0. The summed E-state index contributed by atoms with van der Waals surface area (Å²) in [6, 6.07) is 10.1. The summed E-state index contributed by atoms with van der Waals surface area (Å²) < 4.78 is 5.73. The average Bonchev–Trinajstić information content (AvgIpc) is 2.72. The molecule has 0 unspecified atom stereocenters. The SMILES string of the molecule is CNC(=S)N[C@@H](C)c1cc2ccccc2o1. The van der Waals surface area contributed by atoms with Gasteiger partial charge in [-0.05, 0) is 31.3 Å². The third kappa shape index (κ3) is 2.17. The van der Waals surface area contributed by atoms with E-state index in [0.29, 0.717) is 5.11 Å². The van der Waals surface area contributed by atoms with Gasteiger partial charge in [0.05, 0.1) is 6.04 Å². The summed E-state index contributed by atoms with van der Waals surface area (Å²) in [5, 5.41) is 7.74. The van der Waals surface area contributed by atoms with Crippen molar-refractivity contribution in [1.82, 2.24) is 10.6 Å². The molecule has 2 rings (SSSR count). The summed E-state index contributed by atoms with van der Waals surface area (Å²) in [6.07, 6.45) is 0. The number of fused-ring (bicyclic) bond motifs is 1. The Morgan fingerprint density at radius 1 is 1.38 bits per heavy atom. The molecule has 0 saturated carbocycles. The van der Waals surface area contributed by atoms with E-state index < -0.39 is 0 Å². The highest BCUT2D eigenvalue weighted by atomic mass is 32.1. The standard InChI is InChI=1S/C12H14N2OS/c1-8(14-12(16)13-2)11-7-9-5-3-4-6-10(9)15-11/h3-8H,1-2H3,(H2,13,14,16)/t8-/m0/s1. The van der Waals surface area contributed by atoms with Gasteiger partial charge in [-0.1, -0.05) is 18.2 Å². The van der Waals surface area contributed by atoms with Gasteiger partial charge in [0.25, 0.3) is 0 Å².